The van der Waals surface area contributed by atoms with Gasteiger partial charge in [-0.15, -0.1) is 0 Å². The first-order valence-corrected chi connectivity index (χ1v) is 5.85. The minimum atomic E-state index is -0.571. The van der Waals surface area contributed by atoms with Gasteiger partial charge in [0.25, 0.3) is 0 Å². The fourth-order valence-electron chi connectivity index (χ4n) is 1.28. The van der Waals surface area contributed by atoms with Crippen LogP contribution in [0.4, 0.5) is 10.5 Å². The maximum absolute atomic E-state index is 11.6. The van der Waals surface area contributed by atoms with Crippen molar-refractivity contribution >= 4 is 23.4 Å². The van der Waals surface area contributed by atoms with Crippen LogP contribution in [0.15, 0.2) is 18.2 Å². The van der Waals surface area contributed by atoms with Gasteiger partial charge in [0, 0.05) is 0 Å². The van der Waals surface area contributed by atoms with E-state index in [1.165, 1.54) is 0 Å². The first kappa shape index (κ1) is 14.3. The summed E-state index contributed by atoms with van der Waals surface area (Å²) in [6, 6.07) is 7.08. The molecule has 0 radical (unpaired) electrons. The summed E-state index contributed by atoms with van der Waals surface area (Å²) in [5.41, 5.74) is 0.660. The summed E-state index contributed by atoms with van der Waals surface area (Å²) in [6.45, 7) is 5.33. The number of carbonyl (C=O) groups is 1. The van der Waals surface area contributed by atoms with E-state index in [0.717, 1.165) is 5.56 Å². The number of halogens is 1. The molecule has 0 saturated carbocycles. The molecule has 1 N–H and O–H groups in total. The van der Waals surface area contributed by atoms with Crippen molar-refractivity contribution in [3.8, 4) is 6.07 Å². The van der Waals surface area contributed by atoms with Crippen LogP contribution in [0.25, 0.3) is 0 Å². The molecule has 0 bridgehead atoms. The summed E-state index contributed by atoms with van der Waals surface area (Å²) in [4.78, 5) is 11.6. The molecule has 18 heavy (non-hydrogen) atoms. The molecule has 0 fully saturated rings. The van der Waals surface area contributed by atoms with E-state index in [9.17, 15) is 4.79 Å². The Bertz CT molecular complexity index is 487. The van der Waals surface area contributed by atoms with Gasteiger partial charge in [0.2, 0.25) is 0 Å². The van der Waals surface area contributed by atoms with Crippen molar-refractivity contribution in [1.82, 2.24) is 0 Å². The van der Waals surface area contributed by atoms with Crippen molar-refractivity contribution in [2.45, 2.75) is 32.8 Å². The lowest BCUT2D eigenvalue weighted by Crippen LogP contribution is -2.27. The second-order valence-corrected chi connectivity index (χ2v) is 5.18. The molecule has 1 amide bonds. The summed E-state index contributed by atoms with van der Waals surface area (Å²) >= 11 is 5.96. The van der Waals surface area contributed by atoms with Crippen molar-refractivity contribution in [2.24, 2.45) is 0 Å². The van der Waals surface area contributed by atoms with E-state index in [0.29, 0.717) is 10.7 Å². The zero-order chi connectivity index (χ0) is 13.8. The van der Waals surface area contributed by atoms with Crippen molar-refractivity contribution in [1.29, 1.82) is 5.26 Å². The van der Waals surface area contributed by atoms with Crippen molar-refractivity contribution < 1.29 is 9.53 Å². The number of amides is 1. The zero-order valence-corrected chi connectivity index (χ0v) is 11.3. The van der Waals surface area contributed by atoms with E-state index in [-0.39, 0.29) is 6.42 Å². The van der Waals surface area contributed by atoms with Crippen LogP contribution < -0.4 is 5.32 Å². The average Bonchev–Trinajstić information content (AvgIpc) is 2.20. The molecule has 0 spiro atoms. The highest BCUT2D eigenvalue weighted by molar-refractivity contribution is 6.33. The fourth-order valence-corrected chi connectivity index (χ4v) is 1.45. The monoisotopic (exact) mass is 266 g/mol. The lowest BCUT2D eigenvalue weighted by Gasteiger charge is -2.20. The number of ether oxygens (including phenoxy) is 1. The van der Waals surface area contributed by atoms with Gasteiger partial charge in [-0.1, -0.05) is 17.7 Å². The Hall–Kier alpha value is -1.73. The summed E-state index contributed by atoms with van der Waals surface area (Å²) < 4.78 is 5.12. The molecule has 0 unspecified atom stereocenters. The van der Waals surface area contributed by atoms with E-state index in [2.05, 4.69) is 5.32 Å². The molecule has 0 aliphatic carbocycles. The van der Waals surface area contributed by atoms with Gasteiger partial charge in [-0.3, -0.25) is 5.32 Å². The predicted molar refractivity (Wildman–Crippen MR) is 70.6 cm³/mol. The molecule has 0 heterocycles. The number of hydrogen-bond acceptors (Lipinski definition) is 3. The first-order chi connectivity index (χ1) is 8.31. The molecule has 0 saturated heterocycles. The third-order valence-corrected chi connectivity index (χ3v) is 2.28. The number of nitriles is 1. The van der Waals surface area contributed by atoms with Crippen LogP contribution in [-0.2, 0) is 11.2 Å². The third-order valence-electron chi connectivity index (χ3n) is 1.95. The maximum atomic E-state index is 11.6. The second-order valence-electron chi connectivity index (χ2n) is 4.78. The summed E-state index contributed by atoms with van der Waals surface area (Å²) in [5, 5.41) is 11.6. The highest BCUT2D eigenvalue weighted by atomic mass is 35.5. The molecule has 0 atom stereocenters. The van der Waals surface area contributed by atoms with Gasteiger partial charge in [-0.05, 0) is 38.5 Å². The lowest BCUT2D eigenvalue weighted by molar-refractivity contribution is 0.0636. The Labute approximate surface area is 112 Å². The fraction of sp³-hybridized carbons (Fsp3) is 0.385. The van der Waals surface area contributed by atoms with Crippen LogP contribution in [0.2, 0.25) is 5.02 Å². The molecule has 5 heteroatoms. The summed E-state index contributed by atoms with van der Waals surface area (Å²) in [6.07, 6.45) is -0.307. The zero-order valence-electron chi connectivity index (χ0n) is 10.6. The molecule has 1 rings (SSSR count). The molecule has 96 valence electrons. The van der Waals surface area contributed by atoms with Crippen LogP contribution in [0.5, 0.6) is 0 Å². The van der Waals surface area contributed by atoms with E-state index in [1.807, 2.05) is 6.07 Å². The van der Waals surface area contributed by atoms with Crippen LogP contribution >= 0.6 is 11.6 Å². The van der Waals surface area contributed by atoms with Crippen LogP contribution in [-0.4, -0.2) is 11.7 Å². The maximum Gasteiger partial charge on any atom is 0.412 e. The molecule has 0 aromatic heterocycles. The Balaban J connectivity index is 2.81. The number of hydrogen-bond donors (Lipinski definition) is 1. The Morgan fingerprint density at radius 3 is 2.72 bits per heavy atom. The van der Waals surface area contributed by atoms with Crippen molar-refractivity contribution in [3.05, 3.63) is 28.8 Å². The average molecular weight is 267 g/mol. The van der Waals surface area contributed by atoms with Crippen LogP contribution in [0.3, 0.4) is 0 Å². The van der Waals surface area contributed by atoms with Gasteiger partial charge in [0.1, 0.15) is 5.60 Å². The van der Waals surface area contributed by atoms with Crippen LogP contribution in [0.1, 0.15) is 26.3 Å². The topological polar surface area (TPSA) is 62.1 Å². The molecular weight excluding hydrogens is 252 g/mol. The van der Waals surface area contributed by atoms with Gasteiger partial charge in [0.05, 0.1) is 23.2 Å². The van der Waals surface area contributed by atoms with Crippen LogP contribution in [0, 0.1) is 11.3 Å². The number of rotatable bonds is 2. The number of benzene rings is 1. The molecule has 1 aromatic carbocycles. The summed E-state index contributed by atoms with van der Waals surface area (Å²) in [5.74, 6) is 0. The number of anilines is 1. The third kappa shape index (κ3) is 4.64. The lowest BCUT2D eigenvalue weighted by atomic mass is 10.1. The molecule has 1 aromatic rings. The largest absolute Gasteiger partial charge is 0.444 e. The van der Waals surface area contributed by atoms with Gasteiger partial charge in [-0.25, -0.2) is 4.79 Å². The molecule has 0 aliphatic rings. The number of carbonyl (C=O) groups excluding carboxylic acids is 1. The molecule has 4 nitrogen and oxygen atoms in total. The summed E-state index contributed by atoms with van der Waals surface area (Å²) in [7, 11) is 0. The van der Waals surface area contributed by atoms with Gasteiger partial charge < -0.3 is 4.74 Å². The van der Waals surface area contributed by atoms with Gasteiger partial charge in [0.15, 0.2) is 0 Å². The quantitative estimate of drug-likeness (QED) is 0.887. The standard InChI is InChI=1S/C13H15ClN2O2/c1-13(2,3)18-12(17)16-11-8-9(6-7-15)4-5-10(11)14/h4-5,8H,6H2,1-3H3,(H,16,17). The van der Waals surface area contributed by atoms with E-state index >= 15 is 0 Å². The van der Waals surface area contributed by atoms with E-state index < -0.39 is 11.7 Å². The Morgan fingerprint density at radius 2 is 2.17 bits per heavy atom. The second kappa shape index (κ2) is 5.74. The highest BCUT2D eigenvalue weighted by Gasteiger charge is 2.17. The number of nitrogens with one attached hydrogen (secondary N) is 1. The Kier molecular flexibility index (Phi) is 4.57. The van der Waals surface area contributed by atoms with Gasteiger partial charge >= 0.3 is 6.09 Å². The minimum absolute atomic E-state index is 0.264. The minimum Gasteiger partial charge on any atom is -0.444 e. The van der Waals surface area contributed by atoms with Crippen molar-refractivity contribution in [3.63, 3.8) is 0 Å². The predicted octanol–water partition coefficient (Wildman–Crippen LogP) is 3.75. The number of nitrogens with zero attached hydrogens (tertiary/aromatic N) is 1. The smallest absolute Gasteiger partial charge is 0.412 e. The Morgan fingerprint density at radius 1 is 1.50 bits per heavy atom. The SMILES string of the molecule is CC(C)(C)OC(=O)Nc1cc(CC#N)ccc1Cl. The molecule has 0 aliphatic heterocycles. The van der Waals surface area contributed by atoms with Crippen molar-refractivity contribution in [2.75, 3.05) is 5.32 Å². The molecular formula is C13H15ClN2O2. The van der Waals surface area contributed by atoms with Gasteiger partial charge in [-0.2, -0.15) is 5.26 Å². The van der Waals surface area contributed by atoms with E-state index in [1.54, 1.807) is 39.0 Å². The normalized spacial score (nSPS) is 10.6. The van der Waals surface area contributed by atoms with E-state index in [4.69, 9.17) is 21.6 Å². The first-order valence-electron chi connectivity index (χ1n) is 5.47. The highest BCUT2D eigenvalue weighted by Crippen LogP contribution is 2.24.